The maximum absolute atomic E-state index is 4.45. The van der Waals surface area contributed by atoms with E-state index in [4.69, 9.17) is 0 Å². The van der Waals surface area contributed by atoms with Gasteiger partial charge in [0.25, 0.3) is 0 Å². The fraction of sp³-hybridized carbons (Fsp3) is 0.235. The molecule has 4 rings (SSSR count). The largest absolute Gasteiger partial charge is 0.369 e. The van der Waals surface area contributed by atoms with Gasteiger partial charge in [0.1, 0.15) is 12.2 Å². The predicted molar refractivity (Wildman–Crippen MR) is 90.1 cm³/mol. The van der Waals surface area contributed by atoms with Gasteiger partial charge in [0.15, 0.2) is 0 Å². The average molecular weight is 306 g/mol. The van der Waals surface area contributed by atoms with E-state index in [1.807, 2.05) is 0 Å². The Bertz CT molecular complexity index is 760. The summed E-state index contributed by atoms with van der Waals surface area (Å²) in [6.45, 7) is 4.17. The molecule has 6 nitrogen and oxygen atoms in total. The molecule has 0 spiro atoms. The van der Waals surface area contributed by atoms with Crippen LogP contribution in [-0.4, -0.2) is 46.1 Å². The van der Waals surface area contributed by atoms with E-state index in [9.17, 15) is 0 Å². The number of benzene rings is 1. The van der Waals surface area contributed by atoms with E-state index in [0.717, 1.165) is 48.8 Å². The van der Waals surface area contributed by atoms with Gasteiger partial charge in [-0.2, -0.15) is 0 Å². The second kappa shape index (κ2) is 6.18. The Kier molecular flexibility index (Phi) is 3.73. The number of anilines is 1. The lowest BCUT2D eigenvalue weighted by Gasteiger charge is -2.29. The van der Waals surface area contributed by atoms with Gasteiger partial charge < -0.3 is 15.2 Å². The van der Waals surface area contributed by atoms with Crippen LogP contribution in [0, 0.1) is 0 Å². The Morgan fingerprint density at radius 3 is 2.57 bits per heavy atom. The number of nitrogens with zero attached hydrogens (tertiary/aromatic N) is 4. The molecule has 0 atom stereocenters. The zero-order chi connectivity index (χ0) is 15.5. The first-order valence-electron chi connectivity index (χ1n) is 7.78. The molecule has 2 N–H and O–H groups in total. The molecular formula is C17H18N6. The highest BCUT2D eigenvalue weighted by atomic mass is 15.2. The zero-order valence-corrected chi connectivity index (χ0v) is 12.7. The summed E-state index contributed by atoms with van der Waals surface area (Å²) in [4.78, 5) is 18.4. The molecule has 1 saturated heterocycles. The van der Waals surface area contributed by atoms with E-state index < -0.39 is 0 Å². The molecule has 2 aromatic heterocycles. The topological polar surface area (TPSA) is 69.7 Å². The van der Waals surface area contributed by atoms with E-state index in [0.29, 0.717) is 0 Å². The summed E-state index contributed by atoms with van der Waals surface area (Å²) in [5.74, 6) is 0.784. The SMILES string of the molecule is c1c[nH]c(-c2cncnc2-c2ccc(N3CCNCC3)cc2)n1. The van der Waals surface area contributed by atoms with Crippen molar-refractivity contribution >= 4 is 5.69 Å². The van der Waals surface area contributed by atoms with E-state index in [1.165, 1.54) is 5.69 Å². The van der Waals surface area contributed by atoms with Crippen LogP contribution in [0.1, 0.15) is 0 Å². The molecule has 6 heteroatoms. The van der Waals surface area contributed by atoms with E-state index in [2.05, 4.69) is 54.4 Å². The van der Waals surface area contributed by atoms with Crippen molar-refractivity contribution in [2.45, 2.75) is 0 Å². The molecule has 1 aliphatic rings. The second-order valence-electron chi connectivity index (χ2n) is 5.51. The molecule has 0 aliphatic carbocycles. The lowest BCUT2D eigenvalue weighted by molar-refractivity contribution is 0.589. The van der Waals surface area contributed by atoms with Gasteiger partial charge >= 0.3 is 0 Å². The molecule has 0 radical (unpaired) electrons. The lowest BCUT2D eigenvalue weighted by Crippen LogP contribution is -2.43. The molecule has 0 unspecified atom stereocenters. The Labute approximate surface area is 134 Å². The Balaban J connectivity index is 1.66. The highest BCUT2D eigenvalue weighted by Crippen LogP contribution is 2.28. The summed E-state index contributed by atoms with van der Waals surface area (Å²) in [5, 5.41) is 3.38. The third kappa shape index (κ3) is 2.80. The smallest absolute Gasteiger partial charge is 0.141 e. The Morgan fingerprint density at radius 1 is 1.00 bits per heavy atom. The summed E-state index contributed by atoms with van der Waals surface area (Å²) in [6, 6.07) is 8.56. The van der Waals surface area contributed by atoms with Gasteiger partial charge in [-0.25, -0.2) is 15.0 Å². The Morgan fingerprint density at radius 2 is 1.83 bits per heavy atom. The fourth-order valence-electron chi connectivity index (χ4n) is 2.90. The first-order valence-corrected chi connectivity index (χ1v) is 7.78. The van der Waals surface area contributed by atoms with Crippen LogP contribution in [0.25, 0.3) is 22.6 Å². The minimum absolute atomic E-state index is 0.784. The van der Waals surface area contributed by atoms with Gasteiger partial charge in [0.2, 0.25) is 0 Å². The maximum atomic E-state index is 4.45. The van der Waals surface area contributed by atoms with E-state index >= 15 is 0 Å². The molecule has 23 heavy (non-hydrogen) atoms. The minimum atomic E-state index is 0.784. The normalized spacial score (nSPS) is 14.9. The highest BCUT2D eigenvalue weighted by Gasteiger charge is 2.13. The Hall–Kier alpha value is -2.73. The number of aromatic amines is 1. The number of nitrogens with one attached hydrogen (secondary N) is 2. The van der Waals surface area contributed by atoms with Crippen LogP contribution in [0.15, 0.2) is 49.2 Å². The van der Waals surface area contributed by atoms with Crippen molar-refractivity contribution in [3.63, 3.8) is 0 Å². The number of rotatable bonds is 3. The van der Waals surface area contributed by atoms with Gasteiger partial charge in [-0.3, -0.25) is 0 Å². The molecule has 1 fully saturated rings. The predicted octanol–water partition coefficient (Wildman–Crippen LogP) is 1.94. The molecule has 0 saturated carbocycles. The molecule has 0 amide bonds. The molecule has 1 aromatic carbocycles. The van der Waals surface area contributed by atoms with Crippen LogP contribution in [0.5, 0.6) is 0 Å². The van der Waals surface area contributed by atoms with Crippen LogP contribution in [-0.2, 0) is 0 Å². The number of imidazole rings is 1. The molecular weight excluding hydrogens is 288 g/mol. The molecule has 1 aliphatic heterocycles. The maximum Gasteiger partial charge on any atom is 0.141 e. The number of piperazine rings is 1. The van der Waals surface area contributed by atoms with Crippen LogP contribution in [0.2, 0.25) is 0 Å². The van der Waals surface area contributed by atoms with Crippen molar-refractivity contribution in [3.8, 4) is 22.6 Å². The summed E-state index contributed by atoms with van der Waals surface area (Å²) in [6.07, 6.45) is 6.91. The number of H-pyrrole nitrogens is 1. The standard InChI is InChI=1S/C17H18N6/c1-3-14(23-9-7-18-8-10-23)4-2-13(1)16-15(11-19-12-22-16)17-20-5-6-21-17/h1-6,11-12,18H,7-10H2,(H,20,21). The van der Waals surface area contributed by atoms with Gasteiger partial charge in [-0.1, -0.05) is 12.1 Å². The van der Waals surface area contributed by atoms with Crippen LogP contribution in [0.3, 0.4) is 0 Å². The first kappa shape index (κ1) is 13.9. The zero-order valence-electron chi connectivity index (χ0n) is 12.7. The van der Waals surface area contributed by atoms with Crippen LogP contribution < -0.4 is 10.2 Å². The molecule has 3 aromatic rings. The number of hydrogen-bond donors (Lipinski definition) is 2. The first-order chi connectivity index (χ1) is 11.4. The number of aromatic nitrogens is 4. The van der Waals surface area contributed by atoms with E-state index in [1.54, 1.807) is 24.9 Å². The fourth-order valence-corrected chi connectivity index (χ4v) is 2.90. The quantitative estimate of drug-likeness (QED) is 0.774. The summed E-state index contributed by atoms with van der Waals surface area (Å²) in [7, 11) is 0. The average Bonchev–Trinajstić information content (AvgIpc) is 3.17. The van der Waals surface area contributed by atoms with Gasteiger partial charge in [-0.05, 0) is 12.1 Å². The van der Waals surface area contributed by atoms with Crippen LogP contribution in [0.4, 0.5) is 5.69 Å². The second-order valence-corrected chi connectivity index (χ2v) is 5.51. The van der Waals surface area contributed by atoms with Crippen molar-refractivity contribution in [1.29, 1.82) is 0 Å². The van der Waals surface area contributed by atoms with Crippen molar-refractivity contribution in [1.82, 2.24) is 25.3 Å². The van der Waals surface area contributed by atoms with Crippen molar-refractivity contribution < 1.29 is 0 Å². The van der Waals surface area contributed by atoms with E-state index in [-0.39, 0.29) is 0 Å². The summed E-state index contributed by atoms with van der Waals surface area (Å²) in [5.41, 5.74) is 4.12. The van der Waals surface area contributed by atoms with Gasteiger partial charge in [-0.15, -0.1) is 0 Å². The molecule has 3 heterocycles. The third-order valence-corrected chi connectivity index (χ3v) is 4.09. The number of hydrogen-bond acceptors (Lipinski definition) is 5. The van der Waals surface area contributed by atoms with Crippen molar-refractivity contribution in [3.05, 3.63) is 49.2 Å². The van der Waals surface area contributed by atoms with Crippen LogP contribution >= 0.6 is 0 Å². The minimum Gasteiger partial charge on any atom is -0.369 e. The highest BCUT2D eigenvalue weighted by molar-refractivity contribution is 5.77. The molecule has 0 bridgehead atoms. The molecule has 116 valence electrons. The van der Waals surface area contributed by atoms with Crippen molar-refractivity contribution in [2.75, 3.05) is 31.1 Å². The third-order valence-electron chi connectivity index (χ3n) is 4.09. The monoisotopic (exact) mass is 306 g/mol. The summed E-state index contributed by atoms with van der Waals surface area (Å²) >= 11 is 0. The summed E-state index contributed by atoms with van der Waals surface area (Å²) < 4.78 is 0. The lowest BCUT2D eigenvalue weighted by atomic mass is 10.1. The van der Waals surface area contributed by atoms with Crippen molar-refractivity contribution in [2.24, 2.45) is 0 Å². The van der Waals surface area contributed by atoms with Gasteiger partial charge in [0.05, 0.1) is 11.3 Å². The van der Waals surface area contributed by atoms with Gasteiger partial charge in [0, 0.05) is 56.0 Å².